The summed E-state index contributed by atoms with van der Waals surface area (Å²) in [6.45, 7) is 4.70. The predicted molar refractivity (Wildman–Crippen MR) is 151 cm³/mol. The van der Waals surface area contributed by atoms with Gasteiger partial charge in [0.05, 0.1) is 6.61 Å². The van der Waals surface area contributed by atoms with E-state index in [0.717, 1.165) is 49.7 Å². The molecule has 1 aliphatic carbocycles. The molecule has 0 saturated heterocycles. The molecule has 0 bridgehead atoms. The van der Waals surface area contributed by atoms with Gasteiger partial charge < -0.3 is 4.74 Å². The molecule has 3 aromatic carbocycles. The summed E-state index contributed by atoms with van der Waals surface area (Å²) in [6, 6.07) is 16.1. The molecule has 1 aliphatic rings. The maximum absolute atomic E-state index is 14.8. The number of halogens is 3. The highest BCUT2D eigenvalue weighted by molar-refractivity contribution is 5.67. The highest BCUT2D eigenvalue weighted by atomic mass is 19.2. The fraction of sp³-hybridized carbons (Fsp3) is 0.412. The molecule has 0 atom stereocenters. The van der Waals surface area contributed by atoms with Gasteiger partial charge in [-0.3, -0.25) is 0 Å². The Kier molecular flexibility index (Phi) is 10.1. The molecule has 1 nitrogen and oxygen atoms in total. The number of benzene rings is 3. The van der Waals surface area contributed by atoms with E-state index >= 15 is 0 Å². The Labute approximate surface area is 225 Å². The van der Waals surface area contributed by atoms with Crippen LogP contribution in [0.1, 0.15) is 87.3 Å². The maximum Gasteiger partial charge on any atom is 0.167 e. The number of rotatable bonds is 11. The minimum Gasteiger partial charge on any atom is -0.491 e. The zero-order chi connectivity index (χ0) is 26.9. The first-order valence-electron chi connectivity index (χ1n) is 14.1. The Morgan fingerprint density at radius 2 is 1.55 bits per heavy atom. The second-order valence-corrected chi connectivity index (χ2v) is 10.6. The van der Waals surface area contributed by atoms with Gasteiger partial charge in [-0.1, -0.05) is 92.8 Å². The molecule has 0 aromatic heterocycles. The van der Waals surface area contributed by atoms with Crippen LogP contribution in [0.2, 0.25) is 0 Å². The summed E-state index contributed by atoms with van der Waals surface area (Å²) in [6.07, 6.45) is 13.2. The molecule has 0 spiro atoms. The molecule has 1 fully saturated rings. The van der Waals surface area contributed by atoms with Crippen LogP contribution in [0.4, 0.5) is 13.2 Å². The van der Waals surface area contributed by atoms with Crippen molar-refractivity contribution in [3.63, 3.8) is 0 Å². The molecule has 202 valence electrons. The Morgan fingerprint density at radius 1 is 0.816 bits per heavy atom. The van der Waals surface area contributed by atoms with Crippen LogP contribution in [0, 0.1) is 30.3 Å². The van der Waals surface area contributed by atoms with E-state index in [1.807, 2.05) is 43.3 Å². The summed E-state index contributed by atoms with van der Waals surface area (Å²) < 4.78 is 49.9. The average molecular weight is 521 g/mol. The predicted octanol–water partition coefficient (Wildman–Crippen LogP) is 10.4. The molecule has 0 heterocycles. The van der Waals surface area contributed by atoms with Crippen molar-refractivity contribution < 1.29 is 17.9 Å². The first kappa shape index (κ1) is 28.0. The molecule has 0 amide bonds. The zero-order valence-corrected chi connectivity index (χ0v) is 22.6. The normalized spacial score (nSPS) is 17.7. The van der Waals surface area contributed by atoms with E-state index in [1.165, 1.54) is 19.3 Å². The second-order valence-electron chi connectivity index (χ2n) is 10.6. The third-order valence-corrected chi connectivity index (χ3v) is 7.73. The molecule has 0 radical (unpaired) electrons. The first-order chi connectivity index (χ1) is 18.5. The number of allylic oxidation sites excluding steroid dienone is 1. The van der Waals surface area contributed by atoms with Gasteiger partial charge in [0, 0.05) is 11.1 Å². The van der Waals surface area contributed by atoms with Gasteiger partial charge in [-0.15, -0.1) is 0 Å². The molecular formula is C34H39F3O. The molecule has 4 heteroatoms. The van der Waals surface area contributed by atoms with Crippen LogP contribution < -0.4 is 4.74 Å². The summed E-state index contributed by atoms with van der Waals surface area (Å²) in [5, 5.41) is 0. The van der Waals surface area contributed by atoms with E-state index in [4.69, 9.17) is 4.74 Å². The molecule has 3 aromatic rings. The van der Waals surface area contributed by atoms with Crippen molar-refractivity contribution in [1.82, 2.24) is 0 Å². The van der Waals surface area contributed by atoms with E-state index in [2.05, 4.69) is 6.92 Å². The molecular weight excluding hydrogens is 481 g/mol. The molecule has 0 unspecified atom stereocenters. The summed E-state index contributed by atoms with van der Waals surface area (Å²) in [7, 11) is 0. The first-order valence-corrected chi connectivity index (χ1v) is 14.1. The van der Waals surface area contributed by atoms with Crippen molar-refractivity contribution in [2.24, 2.45) is 5.92 Å². The van der Waals surface area contributed by atoms with Gasteiger partial charge in [0.1, 0.15) is 0 Å². The molecule has 38 heavy (non-hydrogen) atoms. The van der Waals surface area contributed by atoms with Crippen LogP contribution in [0.3, 0.4) is 0 Å². The molecule has 0 N–H and O–H groups in total. The largest absolute Gasteiger partial charge is 0.491 e. The average Bonchev–Trinajstić information content (AvgIpc) is 2.93. The van der Waals surface area contributed by atoms with Gasteiger partial charge in [0.15, 0.2) is 23.2 Å². The van der Waals surface area contributed by atoms with Gasteiger partial charge in [0.2, 0.25) is 0 Å². The van der Waals surface area contributed by atoms with Crippen LogP contribution in [0.15, 0.2) is 60.7 Å². The monoisotopic (exact) mass is 520 g/mol. The lowest BCUT2D eigenvalue weighted by molar-refractivity contribution is 0.289. The van der Waals surface area contributed by atoms with Crippen molar-refractivity contribution >= 4 is 6.08 Å². The highest BCUT2D eigenvalue weighted by Crippen LogP contribution is 2.38. The number of ether oxygens (including phenoxy) is 1. The fourth-order valence-corrected chi connectivity index (χ4v) is 5.31. The van der Waals surface area contributed by atoms with E-state index in [-0.39, 0.29) is 16.9 Å². The lowest BCUT2D eigenvalue weighted by Gasteiger charge is -2.27. The topological polar surface area (TPSA) is 9.23 Å². The smallest absolute Gasteiger partial charge is 0.167 e. The number of unbranched alkanes of at least 4 members (excludes halogenated alkanes) is 4. The van der Waals surface area contributed by atoms with Crippen molar-refractivity contribution in [3.8, 4) is 16.9 Å². The standard InChI is InChI=1S/C34H39F3O/c1-3-4-5-6-7-22-38-32-21-19-29(23-31(32)35)26-15-10-25(11-16-26)12-17-28-18-20-30(34(37)33(28)36)27-13-8-24(2)9-14-27/h8-9,12-14,17-21,23,25-26H,3-7,10-11,15-16,22H2,1-2H3/b17-12+. The minimum absolute atomic E-state index is 0.267. The minimum atomic E-state index is -0.814. The van der Waals surface area contributed by atoms with Crippen molar-refractivity contribution in [1.29, 1.82) is 0 Å². The van der Waals surface area contributed by atoms with Crippen molar-refractivity contribution in [2.75, 3.05) is 6.61 Å². The second kappa shape index (κ2) is 13.7. The maximum atomic E-state index is 14.8. The Balaban J connectivity index is 1.29. The lowest BCUT2D eigenvalue weighted by Crippen LogP contribution is -2.12. The number of aryl methyl sites for hydroxylation is 1. The SMILES string of the molecule is CCCCCCCOc1ccc(C2CCC(/C=C/c3ccc(-c4ccc(C)cc4)c(F)c3F)CC2)cc1F. The van der Waals surface area contributed by atoms with Gasteiger partial charge in [-0.2, -0.15) is 0 Å². The fourth-order valence-electron chi connectivity index (χ4n) is 5.31. The van der Waals surface area contributed by atoms with Crippen LogP contribution in [0.5, 0.6) is 5.75 Å². The quantitative estimate of drug-likeness (QED) is 0.229. The molecule has 0 aliphatic heterocycles. The van der Waals surface area contributed by atoms with Crippen LogP contribution in [0.25, 0.3) is 17.2 Å². The number of hydrogen-bond donors (Lipinski definition) is 0. The van der Waals surface area contributed by atoms with Gasteiger partial charge in [-0.25, -0.2) is 13.2 Å². The van der Waals surface area contributed by atoms with Crippen LogP contribution in [-0.4, -0.2) is 6.61 Å². The molecule has 4 rings (SSSR count). The lowest BCUT2D eigenvalue weighted by atomic mass is 9.78. The Bertz CT molecular complexity index is 1210. The van der Waals surface area contributed by atoms with E-state index in [9.17, 15) is 13.2 Å². The van der Waals surface area contributed by atoms with Gasteiger partial charge >= 0.3 is 0 Å². The van der Waals surface area contributed by atoms with Crippen molar-refractivity contribution in [2.45, 2.75) is 77.6 Å². The summed E-state index contributed by atoms with van der Waals surface area (Å²) in [5.74, 6) is -0.976. The summed E-state index contributed by atoms with van der Waals surface area (Å²) >= 11 is 0. The van der Waals surface area contributed by atoms with Gasteiger partial charge in [-0.05, 0) is 74.1 Å². The highest BCUT2D eigenvalue weighted by Gasteiger charge is 2.22. The van der Waals surface area contributed by atoms with E-state index < -0.39 is 11.6 Å². The van der Waals surface area contributed by atoms with E-state index in [0.29, 0.717) is 29.8 Å². The summed E-state index contributed by atoms with van der Waals surface area (Å²) in [4.78, 5) is 0. The summed E-state index contributed by atoms with van der Waals surface area (Å²) in [5.41, 5.74) is 3.29. The molecule has 1 saturated carbocycles. The van der Waals surface area contributed by atoms with Gasteiger partial charge in [0.25, 0.3) is 0 Å². The Hall–Kier alpha value is -3.01. The van der Waals surface area contributed by atoms with Crippen LogP contribution >= 0.6 is 0 Å². The van der Waals surface area contributed by atoms with Crippen molar-refractivity contribution in [3.05, 3.63) is 94.8 Å². The third kappa shape index (κ3) is 7.30. The third-order valence-electron chi connectivity index (χ3n) is 7.73. The van der Waals surface area contributed by atoms with E-state index in [1.54, 1.807) is 30.3 Å². The zero-order valence-electron chi connectivity index (χ0n) is 22.6. The number of hydrogen-bond acceptors (Lipinski definition) is 1. The Morgan fingerprint density at radius 3 is 2.26 bits per heavy atom. The van der Waals surface area contributed by atoms with Crippen LogP contribution in [-0.2, 0) is 0 Å².